The quantitative estimate of drug-likeness (QED) is 0.442. The monoisotopic (exact) mass is 290 g/mol. The van der Waals surface area contributed by atoms with Crippen molar-refractivity contribution in [3.05, 3.63) is 0 Å². The van der Waals surface area contributed by atoms with Crippen LogP contribution in [0, 0.1) is 5.41 Å². The number of methoxy groups -OCH3 is 1. The van der Waals surface area contributed by atoms with Gasteiger partial charge >= 0.3 is 0 Å². The molecule has 0 atom stereocenters. The topological polar surface area (TPSA) is 73.6 Å². The summed E-state index contributed by atoms with van der Waals surface area (Å²) in [5.41, 5.74) is 4.99. The number of hydrogen-bond donors (Lipinski definition) is 2. The van der Waals surface area contributed by atoms with Crippen LogP contribution in [0.1, 0.15) is 33.1 Å². The Hall–Kier alpha value is -0.720. The first-order valence-corrected chi connectivity index (χ1v) is 7.10. The van der Waals surface area contributed by atoms with Crippen LogP contribution in [0.15, 0.2) is 0 Å². The number of nitrogens with two attached hydrogens (primary N) is 1. The van der Waals surface area contributed by atoms with Gasteiger partial charge in [-0.1, -0.05) is 26.1 Å². The third kappa shape index (κ3) is 5.84. The van der Waals surface area contributed by atoms with Crippen molar-refractivity contribution in [2.75, 3.05) is 33.5 Å². The lowest BCUT2D eigenvalue weighted by atomic mass is 9.81. The lowest BCUT2D eigenvalue weighted by Gasteiger charge is -2.28. The molecule has 0 aromatic carbocycles. The van der Waals surface area contributed by atoms with Crippen LogP contribution in [0.3, 0.4) is 0 Å². The summed E-state index contributed by atoms with van der Waals surface area (Å²) >= 11 is 5.03. The number of amides is 1. The fourth-order valence-electron chi connectivity index (χ4n) is 1.82. The Balaban J connectivity index is 3.98. The predicted octanol–water partition coefficient (Wildman–Crippen LogP) is 1.25. The van der Waals surface area contributed by atoms with E-state index in [-0.39, 0.29) is 10.9 Å². The summed E-state index contributed by atoms with van der Waals surface area (Å²) in [6.45, 7) is 6.18. The Morgan fingerprint density at radius 1 is 1.26 bits per heavy atom. The molecule has 0 bridgehead atoms. The van der Waals surface area contributed by atoms with E-state index in [0.717, 1.165) is 6.42 Å². The smallest absolute Gasteiger partial charge is 0.233 e. The average Bonchev–Trinajstić information content (AvgIpc) is 2.39. The second-order valence-electron chi connectivity index (χ2n) is 4.37. The van der Waals surface area contributed by atoms with Gasteiger partial charge in [-0.15, -0.1) is 0 Å². The predicted molar refractivity (Wildman–Crippen MR) is 80.1 cm³/mol. The molecule has 0 aliphatic carbocycles. The first kappa shape index (κ1) is 18.3. The van der Waals surface area contributed by atoms with Crippen molar-refractivity contribution < 1.29 is 14.3 Å². The zero-order valence-electron chi connectivity index (χ0n) is 12.2. The molecule has 3 N–H and O–H groups in total. The van der Waals surface area contributed by atoms with Gasteiger partial charge in [0.2, 0.25) is 5.91 Å². The highest BCUT2D eigenvalue weighted by molar-refractivity contribution is 7.80. The fourth-order valence-corrected chi connectivity index (χ4v) is 2.20. The third-order valence-electron chi connectivity index (χ3n) is 3.30. The van der Waals surface area contributed by atoms with Crippen LogP contribution in [-0.4, -0.2) is 44.4 Å². The summed E-state index contributed by atoms with van der Waals surface area (Å²) in [5.74, 6) is -0.0816. The Bertz CT molecular complexity index is 281. The van der Waals surface area contributed by atoms with Crippen molar-refractivity contribution >= 4 is 23.1 Å². The number of hydrogen-bond acceptors (Lipinski definition) is 4. The molecule has 0 aromatic rings. The molecule has 0 unspecified atom stereocenters. The second-order valence-corrected chi connectivity index (χ2v) is 4.81. The minimum absolute atomic E-state index is 0.0816. The van der Waals surface area contributed by atoms with Crippen LogP contribution in [0.25, 0.3) is 0 Å². The van der Waals surface area contributed by atoms with Gasteiger partial charge in [0.25, 0.3) is 0 Å². The molecule has 19 heavy (non-hydrogen) atoms. The Kier molecular flexibility index (Phi) is 9.73. The highest BCUT2D eigenvalue weighted by Crippen LogP contribution is 2.27. The van der Waals surface area contributed by atoms with E-state index in [9.17, 15) is 4.79 Å². The highest BCUT2D eigenvalue weighted by atomic mass is 32.1. The Morgan fingerprint density at radius 3 is 2.37 bits per heavy atom. The van der Waals surface area contributed by atoms with Crippen LogP contribution in [-0.2, 0) is 14.3 Å². The van der Waals surface area contributed by atoms with E-state index < -0.39 is 5.41 Å². The minimum Gasteiger partial charge on any atom is -0.392 e. The molecule has 6 heteroatoms. The van der Waals surface area contributed by atoms with Crippen LogP contribution >= 0.6 is 12.2 Å². The molecule has 0 aliphatic rings. The molecule has 0 heterocycles. The van der Waals surface area contributed by atoms with E-state index in [1.54, 1.807) is 7.11 Å². The maximum absolute atomic E-state index is 12.2. The summed E-state index contributed by atoms with van der Waals surface area (Å²) in [6, 6.07) is 0. The Labute approximate surface area is 121 Å². The molecule has 112 valence electrons. The van der Waals surface area contributed by atoms with Crippen molar-refractivity contribution in [2.24, 2.45) is 11.1 Å². The van der Waals surface area contributed by atoms with Gasteiger partial charge in [0, 0.05) is 20.3 Å². The van der Waals surface area contributed by atoms with Crippen LogP contribution < -0.4 is 11.1 Å². The molecule has 5 nitrogen and oxygen atoms in total. The molecular weight excluding hydrogens is 264 g/mol. The van der Waals surface area contributed by atoms with E-state index in [1.165, 1.54) is 0 Å². The van der Waals surface area contributed by atoms with E-state index in [4.69, 9.17) is 27.4 Å². The molecule has 0 saturated heterocycles. The van der Waals surface area contributed by atoms with E-state index in [1.807, 2.05) is 13.8 Å². The first-order chi connectivity index (χ1) is 9.05. The number of thiocarbonyl (C=S) groups is 1. The average molecular weight is 290 g/mol. The highest BCUT2D eigenvalue weighted by Gasteiger charge is 2.37. The molecule has 0 fully saturated rings. The summed E-state index contributed by atoms with van der Waals surface area (Å²) in [7, 11) is 1.63. The summed E-state index contributed by atoms with van der Waals surface area (Å²) in [4.78, 5) is 12.4. The summed E-state index contributed by atoms with van der Waals surface area (Å²) in [5, 5.41) is 2.88. The zero-order valence-corrected chi connectivity index (χ0v) is 13.0. The lowest BCUT2D eigenvalue weighted by Crippen LogP contribution is -2.48. The molecule has 0 radical (unpaired) electrons. The van der Waals surface area contributed by atoms with Gasteiger partial charge in [0.05, 0.1) is 23.6 Å². The van der Waals surface area contributed by atoms with Gasteiger partial charge in [-0.2, -0.15) is 0 Å². The maximum atomic E-state index is 12.2. The van der Waals surface area contributed by atoms with Gasteiger partial charge in [0.15, 0.2) is 0 Å². The van der Waals surface area contributed by atoms with Gasteiger partial charge in [0.1, 0.15) is 0 Å². The van der Waals surface area contributed by atoms with Gasteiger partial charge in [-0.25, -0.2) is 0 Å². The number of carbonyl (C=O) groups is 1. The van der Waals surface area contributed by atoms with Crippen molar-refractivity contribution in [1.29, 1.82) is 0 Å². The fraction of sp³-hybridized carbons (Fsp3) is 0.846. The van der Waals surface area contributed by atoms with Gasteiger partial charge < -0.3 is 20.5 Å². The number of ether oxygens (including phenoxy) is 2. The number of carbonyl (C=O) groups excluding carboxylic acids is 1. The second kappa shape index (κ2) is 10.1. The van der Waals surface area contributed by atoms with Crippen molar-refractivity contribution in [3.8, 4) is 0 Å². The normalized spacial score (nSPS) is 11.3. The first-order valence-electron chi connectivity index (χ1n) is 6.70. The molecule has 0 aromatic heterocycles. The van der Waals surface area contributed by atoms with Gasteiger partial charge in [-0.3, -0.25) is 4.79 Å². The SMILES string of the molecule is CCC(CC)(C(=O)NCCCOCCOC)C(N)=S. The molecule has 0 spiro atoms. The van der Waals surface area contributed by atoms with Crippen LogP contribution in [0.4, 0.5) is 0 Å². The summed E-state index contributed by atoms with van der Waals surface area (Å²) in [6.07, 6.45) is 2.00. The van der Waals surface area contributed by atoms with E-state index in [0.29, 0.717) is 39.2 Å². The van der Waals surface area contributed by atoms with E-state index >= 15 is 0 Å². The van der Waals surface area contributed by atoms with E-state index in [2.05, 4.69) is 5.32 Å². The minimum atomic E-state index is -0.716. The van der Waals surface area contributed by atoms with Crippen LogP contribution in [0.5, 0.6) is 0 Å². The van der Waals surface area contributed by atoms with Gasteiger partial charge in [-0.05, 0) is 19.3 Å². The molecule has 1 amide bonds. The number of rotatable bonds is 11. The largest absolute Gasteiger partial charge is 0.392 e. The number of nitrogens with one attached hydrogen (secondary N) is 1. The maximum Gasteiger partial charge on any atom is 0.233 e. The van der Waals surface area contributed by atoms with Crippen LogP contribution in [0.2, 0.25) is 0 Å². The molecule has 0 saturated carbocycles. The van der Waals surface area contributed by atoms with Crippen molar-refractivity contribution in [1.82, 2.24) is 5.32 Å². The van der Waals surface area contributed by atoms with Crippen molar-refractivity contribution in [2.45, 2.75) is 33.1 Å². The molecule has 0 aliphatic heterocycles. The lowest BCUT2D eigenvalue weighted by molar-refractivity contribution is -0.127. The zero-order chi connectivity index (χ0) is 14.7. The molecular formula is C13H26N2O3S. The standard InChI is InChI=1S/C13H26N2O3S/c1-4-13(5-2,11(14)19)12(16)15-7-6-8-18-10-9-17-3/h4-10H2,1-3H3,(H2,14,19)(H,15,16). The summed E-state index contributed by atoms with van der Waals surface area (Å²) < 4.78 is 10.2. The molecule has 0 rings (SSSR count). The third-order valence-corrected chi connectivity index (χ3v) is 3.69. The van der Waals surface area contributed by atoms with Crippen molar-refractivity contribution in [3.63, 3.8) is 0 Å². The Morgan fingerprint density at radius 2 is 1.89 bits per heavy atom.